The molecule has 0 radical (unpaired) electrons. The Balaban J connectivity index is 1.59. The van der Waals surface area contributed by atoms with Crippen LogP contribution in [0.4, 0.5) is 13.2 Å². The summed E-state index contributed by atoms with van der Waals surface area (Å²) < 4.78 is 49.6. The van der Waals surface area contributed by atoms with E-state index >= 15 is 0 Å². The molecule has 0 aromatic heterocycles. The topological polar surface area (TPSA) is 72.8 Å². The molecule has 1 N–H and O–H groups in total. The smallest absolute Gasteiger partial charge is 0.416 e. The maximum absolute atomic E-state index is 12.8. The molecule has 1 unspecified atom stereocenters. The molecule has 31 heavy (non-hydrogen) atoms. The predicted molar refractivity (Wildman–Crippen MR) is 104 cm³/mol. The molecular weight excluding hydrogens is 413 g/mol. The summed E-state index contributed by atoms with van der Waals surface area (Å²) in [6.45, 7) is 5.38. The Morgan fingerprint density at radius 3 is 2.52 bits per heavy atom. The van der Waals surface area contributed by atoms with Crippen molar-refractivity contribution < 1.29 is 37.3 Å². The number of carbonyl (C=O) groups is 2. The molecule has 1 heterocycles. The molecule has 1 saturated heterocycles. The molecule has 0 spiro atoms. The van der Waals surface area contributed by atoms with Gasteiger partial charge >= 0.3 is 18.1 Å². The van der Waals surface area contributed by atoms with Gasteiger partial charge in [0.05, 0.1) is 22.6 Å². The molecule has 1 aromatic carbocycles. The fourth-order valence-corrected chi connectivity index (χ4v) is 5.20. The van der Waals surface area contributed by atoms with Crippen LogP contribution in [-0.2, 0) is 20.4 Å². The number of fused-ring (bicyclic) bond motifs is 3. The van der Waals surface area contributed by atoms with E-state index in [2.05, 4.69) is 0 Å². The lowest BCUT2D eigenvalue weighted by Crippen LogP contribution is -2.35. The third-order valence-corrected chi connectivity index (χ3v) is 7.15. The number of ether oxygens (including phenoxy) is 2. The van der Waals surface area contributed by atoms with Gasteiger partial charge in [0.15, 0.2) is 0 Å². The average molecular weight is 438 g/mol. The van der Waals surface area contributed by atoms with Crippen LogP contribution in [0, 0.1) is 17.8 Å². The average Bonchev–Trinajstić information content (AvgIpc) is 3.13. The highest BCUT2D eigenvalue weighted by molar-refractivity contribution is 5.89. The van der Waals surface area contributed by atoms with Crippen LogP contribution in [0.1, 0.15) is 56.0 Å². The van der Waals surface area contributed by atoms with Gasteiger partial charge in [-0.25, -0.2) is 4.79 Å². The highest BCUT2D eigenvalue weighted by Crippen LogP contribution is 2.52. The summed E-state index contributed by atoms with van der Waals surface area (Å²) in [6, 6.07) is 3.87. The molecule has 2 fully saturated rings. The molecule has 1 aromatic rings. The van der Waals surface area contributed by atoms with Crippen LogP contribution in [0.15, 0.2) is 35.4 Å². The molecule has 168 valence electrons. The summed E-state index contributed by atoms with van der Waals surface area (Å²) in [7, 11) is 0. The number of benzene rings is 1. The Morgan fingerprint density at radius 2 is 1.90 bits per heavy atom. The molecular formula is C23H25F3O5. The van der Waals surface area contributed by atoms with Gasteiger partial charge in [0.1, 0.15) is 12.2 Å². The van der Waals surface area contributed by atoms with E-state index < -0.39 is 35.5 Å². The molecule has 2 aliphatic carbocycles. The van der Waals surface area contributed by atoms with Crippen molar-refractivity contribution in [3.63, 3.8) is 0 Å². The fourth-order valence-electron chi connectivity index (χ4n) is 5.20. The van der Waals surface area contributed by atoms with E-state index in [0.29, 0.717) is 19.3 Å². The number of esters is 2. The molecule has 4 rings (SSSR count). The highest BCUT2D eigenvalue weighted by Gasteiger charge is 2.55. The van der Waals surface area contributed by atoms with Crippen LogP contribution >= 0.6 is 0 Å². The molecule has 1 aliphatic heterocycles. The Morgan fingerprint density at radius 1 is 1.26 bits per heavy atom. The van der Waals surface area contributed by atoms with E-state index in [0.717, 1.165) is 35.4 Å². The van der Waals surface area contributed by atoms with Crippen molar-refractivity contribution in [3.05, 3.63) is 46.5 Å². The number of alkyl halides is 3. The summed E-state index contributed by atoms with van der Waals surface area (Å²) in [5.41, 5.74) is -0.310. The van der Waals surface area contributed by atoms with Crippen molar-refractivity contribution in [1.29, 1.82) is 0 Å². The largest absolute Gasteiger partial charge is 0.457 e. The second-order valence-electron chi connectivity index (χ2n) is 9.10. The maximum Gasteiger partial charge on any atom is 0.416 e. The number of hydrogen-bond donors (Lipinski definition) is 1. The minimum Gasteiger partial charge on any atom is -0.457 e. The van der Waals surface area contributed by atoms with Gasteiger partial charge in [0, 0.05) is 11.8 Å². The first-order chi connectivity index (χ1) is 14.4. The molecule has 3 aliphatic rings. The number of halogens is 3. The van der Waals surface area contributed by atoms with E-state index in [1.54, 1.807) is 13.8 Å². The first-order valence-corrected chi connectivity index (χ1v) is 10.4. The van der Waals surface area contributed by atoms with Crippen LogP contribution in [0.5, 0.6) is 0 Å². The molecule has 1 saturated carbocycles. The summed E-state index contributed by atoms with van der Waals surface area (Å²) in [6.07, 6.45) is -4.08. The lowest BCUT2D eigenvalue weighted by Gasteiger charge is -2.31. The lowest BCUT2D eigenvalue weighted by molar-refractivity contribution is -0.143. The minimum absolute atomic E-state index is 0.0171. The number of rotatable bonds is 2. The van der Waals surface area contributed by atoms with E-state index in [9.17, 15) is 27.9 Å². The quantitative estimate of drug-likeness (QED) is 0.551. The van der Waals surface area contributed by atoms with Gasteiger partial charge in [-0.15, -0.1) is 0 Å². The second kappa shape index (κ2) is 7.36. The highest BCUT2D eigenvalue weighted by atomic mass is 19.4. The van der Waals surface area contributed by atoms with Crippen LogP contribution < -0.4 is 0 Å². The van der Waals surface area contributed by atoms with Crippen LogP contribution in [0.2, 0.25) is 0 Å². The Kier molecular flexibility index (Phi) is 5.19. The third-order valence-electron chi connectivity index (χ3n) is 7.15. The molecule has 6 atom stereocenters. The summed E-state index contributed by atoms with van der Waals surface area (Å²) >= 11 is 0. The van der Waals surface area contributed by atoms with E-state index in [1.807, 2.05) is 6.92 Å². The molecule has 0 amide bonds. The summed E-state index contributed by atoms with van der Waals surface area (Å²) in [5, 5.41) is 11.1. The van der Waals surface area contributed by atoms with Crippen LogP contribution in [0.3, 0.4) is 0 Å². The third kappa shape index (κ3) is 3.75. The standard InChI is InChI=1S/C23H25F3O5/c1-11-15-8-9-22(3,29)16-10-17(12(2)18(16)19(15)31-20(11)27)30-21(28)13-4-6-14(7-5-13)23(24,25)26/h4-7,11,15-17,19,29H,8-10H2,1-3H3/t11-,15-,16?,17-,19-,22+/m0/s1. The van der Waals surface area contributed by atoms with Crippen LogP contribution in [0.25, 0.3) is 0 Å². The summed E-state index contributed by atoms with van der Waals surface area (Å²) in [4.78, 5) is 24.8. The monoisotopic (exact) mass is 438 g/mol. The van der Waals surface area contributed by atoms with Crippen molar-refractivity contribution in [3.8, 4) is 0 Å². The van der Waals surface area contributed by atoms with Gasteiger partial charge in [0.25, 0.3) is 0 Å². The summed E-state index contributed by atoms with van der Waals surface area (Å²) in [5.74, 6) is -1.64. The zero-order chi connectivity index (χ0) is 22.7. The second-order valence-corrected chi connectivity index (χ2v) is 9.10. The minimum atomic E-state index is -4.49. The first-order valence-electron chi connectivity index (χ1n) is 10.4. The van der Waals surface area contributed by atoms with Gasteiger partial charge in [-0.2, -0.15) is 13.2 Å². The lowest BCUT2D eigenvalue weighted by atomic mass is 9.81. The molecule has 8 heteroatoms. The van der Waals surface area contributed by atoms with Crippen molar-refractivity contribution in [2.45, 2.75) is 64.0 Å². The number of carbonyl (C=O) groups excluding carboxylic acids is 2. The Labute approximate surface area is 178 Å². The zero-order valence-corrected chi connectivity index (χ0v) is 17.5. The van der Waals surface area contributed by atoms with Crippen molar-refractivity contribution in [1.82, 2.24) is 0 Å². The van der Waals surface area contributed by atoms with Crippen molar-refractivity contribution in [2.24, 2.45) is 17.8 Å². The zero-order valence-electron chi connectivity index (χ0n) is 17.5. The van der Waals surface area contributed by atoms with Gasteiger partial charge in [-0.05, 0) is 68.5 Å². The molecule has 0 bridgehead atoms. The van der Waals surface area contributed by atoms with Gasteiger partial charge in [-0.3, -0.25) is 4.79 Å². The van der Waals surface area contributed by atoms with Crippen molar-refractivity contribution in [2.75, 3.05) is 0 Å². The van der Waals surface area contributed by atoms with E-state index in [-0.39, 0.29) is 29.3 Å². The first kappa shape index (κ1) is 21.9. The van der Waals surface area contributed by atoms with E-state index in [4.69, 9.17) is 9.47 Å². The SMILES string of the molecule is CC1=C2C(C[C@@H]1OC(=O)c1ccc(C(F)(F)F)cc1)[C@](C)(O)CC[C@H]1[C@H](C)C(=O)O[C@H]21. The van der Waals surface area contributed by atoms with Gasteiger partial charge < -0.3 is 14.6 Å². The number of aliphatic hydroxyl groups is 1. The Bertz CT molecular complexity index is 932. The fraction of sp³-hybridized carbons (Fsp3) is 0.565. The van der Waals surface area contributed by atoms with Crippen LogP contribution in [-0.4, -0.2) is 34.9 Å². The normalized spacial score (nSPS) is 35.3. The van der Waals surface area contributed by atoms with Gasteiger partial charge in [0.2, 0.25) is 0 Å². The van der Waals surface area contributed by atoms with E-state index in [1.165, 1.54) is 0 Å². The predicted octanol–water partition coefficient (Wildman–Crippen LogP) is 4.29. The van der Waals surface area contributed by atoms with Crippen molar-refractivity contribution >= 4 is 11.9 Å². The maximum atomic E-state index is 12.8. The molecule has 5 nitrogen and oxygen atoms in total. The van der Waals surface area contributed by atoms with Gasteiger partial charge in [-0.1, -0.05) is 6.92 Å². The number of hydrogen-bond acceptors (Lipinski definition) is 5. The Hall–Kier alpha value is -2.35.